The lowest BCUT2D eigenvalue weighted by Gasteiger charge is -2.11. The highest BCUT2D eigenvalue weighted by Gasteiger charge is 2.19. The molecular weight excluding hydrogens is 689 g/mol. The summed E-state index contributed by atoms with van der Waals surface area (Å²) in [6, 6.07) is 59.1. The third kappa shape index (κ3) is 5.23. The molecule has 0 N–H and O–H groups in total. The number of nitrogens with zero attached hydrogens (tertiary/aromatic N) is 8. The molecule has 0 spiro atoms. The normalized spacial score (nSPS) is 11.6. The molecule has 0 amide bonds. The molecule has 0 saturated carbocycles. The Morgan fingerprint density at radius 1 is 0.304 bits per heavy atom. The molecule has 0 aliphatic rings. The summed E-state index contributed by atoms with van der Waals surface area (Å²) in [7, 11) is 0. The van der Waals surface area contributed by atoms with Crippen molar-refractivity contribution in [2.24, 2.45) is 0 Å². The maximum atomic E-state index is 5.07. The first-order valence-electron chi connectivity index (χ1n) is 18.4. The topological polar surface area (TPSA) is 87.2 Å². The van der Waals surface area contributed by atoms with E-state index in [1.54, 1.807) is 0 Å². The summed E-state index contributed by atoms with van der Waals surface area (Å²) in [6.07, 6.45) is 3.07. The molecule has 0 fully saturated rings. The van der Waals surface area contributed by atoms with E-state index in [9.17, 15) is 0 Å². The van der Waals surface area contributed by atoms with Crippen LogP contribution in [0.1, 0.15) is 0 Å². The molecule has 8 nitrogen and oxygen atoms in total. The number of para-hydroxylation sites is 2. The number of rotatable bonds is 6. The second kappa shape index (κ2) is 12.9. The first kappa shape index (κ1) is 31.7. The lowest BCUT2D eigenvalue weighted by atomic mass is 9.98. The second-order valence-corrected chi connectivity index (χ2v) is 13.7. The van der Waals surface area contributed by atoms with Gasteiger partial charge in [-0.3, -0.25) is 9.13 Å². The van der Waals surface area contributed by atoms with E-state index in [-0.39, 0.29) is 0 Å². The van der Waals surface area contributed by atoms with E-state index >= 15 is 0 Å². The summed E-state index contributed by atoms with van der Waals surface area (Å²) < 4.78 is 4.25. The van der Waals surface area contributed by atoms with Crippen molar-refractivity contribution in [2.75, 3.05) is 0 Å². The maximum absolute atomic E-state index is 5.07. The minimum absolute atomic E-state index is 0.578. The van der Waals surface area contributed by atoms with Crippen molar-refractivity contribution in [3.05, 3.63) is 183 Å². The third-order valence-corrected chi connectivity index (χ3v) is 10.5. The summed E-state index contributed by atoms with van der Waals surface area (Å²) in [5, 5.41) is 4.56. The van der Waals surface area contributed by atoms with Crippen LogP contribution in [0.2, 0.25) is 0 Å². The van der Waals surface area contributed by atoms with Gasteiger partial charge >= 0.3 is 0 Å². The monoisotopic (exact) mass is 718 g/mol. The molecule has 262 valence electrons. The van der Waals surface area contributed by atoms with Crippen molar-refractivity contribution in [2.45, 2.75) is 0 Å². The molecule has 0 aliphatic heterocycles. The maximum Gasteiger partial charge on any atom is 0.238 e. The largest absolute Gasteiger partial charge is 0.278 e. The molecule has 56 heavy (non-hydrogen) atoms. The van der Waals surface area contributed by atoms with Gasteiger partial charge in [0.15, 0.2) is 11.6 Å². The second-order valence-electron chi connectivity index (χ2n) is 13.7. The van der Waals surface area contributed by atoms with Gasteiger partial charge < -0.3 is 0 Å². The average molecular weight is 719 g/mol. The van der Waals surface area contributed by atoms with Gasteiger partial charge in [0.1, 0.15) is 12.7 Å². The SMILES string of the molecule is c1ccc(-c2nc(-c3ccccc3)nc(-n3c4ccccc4c4cc(-c5ccc(-c6ccc7c(c6)c6ccccc6n7-c6ncncn6)cc5)ccc43)n2)cc1. The highest BCUT2D eigenvalue weighted by molar-refractivity contribution is 6.11. The van der Waals surface area contributed by atoms with Crippen LogP contribution < -0.4 is 0 Å². The van der Waals surface area contributed by atoms with Crippen LogP contribution in [0.15, 0.2) is 183 Å². The Hall–Kier alpha value is -7.84. The van der Waals surface area contributed by atoms with Gasteiger partial charge in [0, 0.05) is 32.7 Å². The Morgan fingerprint density at radius 2 is 0.714 bits per heavy atom. The Morgan fingerprint density at radius 3 is 1.21 bits per heavy atom. The molecule has 11 aromatic rings. The highest BCUT2D eigenvalue weighted by atomic mass is 15.2. The van der Waals surface area contributed by atoms with Crippen LogP contribution >= 0.6 is 0 Å². The summed E-state index contributed by atoms with van der Waals surface area (Å²) in [4.78, 5) is 28.0. The van der Waals surface area contributed by atoms with Crippen LogP contribution in [0.3, 0.4) is 0 Å². The zero-order chi connectivity index (χ0) is 37.0. The minimum Gasteiger partial charge on any atom is -0.278 e. The number of hydrogen-bond donors (Lipinski definition) is 0. The number of hydrogen-bond acceptors (Lipinski definition) is 6. The highest BCUT2D eigenvalue weighted by Crippen LogP contribution is 2.37. The van der Waals surface area contributed by atoms with Crippen LogP contribution in [0.5, 0.6) is 0 Å². The lowest BCUT2D eigenvalue weighted by molar-refractivity contribution is 0.939. The molecule has 0 aliphatic carbocycles. The van der Waals surface area contributed by atoms with Crippen LogP contribution in [-0.4, -0.2) is 39.0 Å². The molecule has 8 heteroatoms. The van der Waals surface area contributed by atoms with E-state index < -0.39 is 0 Å². The quantitative estimate of drug-likeness (QED) is 0.170. The lowest BCUT2D eigenvalue weighted by Crippen LogP contribution is -2.06. The summed E-state index contributed by atoms with van der Waals surface area (Å²) in [5.41, 5.74) is 10.6. The fraction of sp³-hybridized carbons (Fsp3) is 0. The molecule has 4 heterocycles. The minimum atomic E-state index is 0.578. The van der Waals surface area contributed by atoms with E-state index in [0.717, 1.165) is 77.0 Å². The molecular formula is C48H30N8. The van der Waals surface area contributed by atoms with E-state index in [1.165, 1.54) is 12.7 Å². The molecule has 7 aromatic carbocycles. The molecule has 0 atom stereocenters. The average Bonchev–Trinajstić information content (AvgIpc) is 3.79. The van der Waals surface area contributed by atoms with Gasteiger partial charge in [-0.15, -0.1) is 0 Å². The van der Waals surface area contributed by atoms with Crippen molar-refractivity contribution >= 4 is 43.6 Å². The predicted octanol–water partition coefficient (Wildman–Crippen LogP) is 10.9. The van der Waals surface area contributed by atoms with Crippen molar-refractivity contribution in [1.29, 1.82) is 0 Å². The van der Waals surface area contributed by atoms with Crippen molar-refractivity contribution in [3.8, 4) is 56.9 Å². The Balaban J connectivity index is 1.000. The fourth-order valence-electron chi connectivity index (χ4n) is 7.84. The van der Waals surface area contributed by atoms with E-state index in [0.29, 0.717) is 23.5 Å². The Labute approximate surface area is 321 Å². The molecule has 11 rings (SSSR count). The third-order valence-electron chi connectivity index (χ3n) is 10.5. The first-order valence-corrected chi connectivity index (χ1v) is 18.4. The number of benzene rings is 7. The van der Waals surface area contributed by atoms with Crippen LogP contribution in [0, 0.1) is 0 Å². The summed E-state index contributed by atoms with van der Waals surface area (Å²) >= 11 is 0. The van der Waals surface area contributed by atoms with Gasteiger partial charge in [-0.2, -0.15) is 9.97 Å². The zero-order valence-corrected chi connectivity index (χ0v) is 29.9. The summed E-state index contributed by atoms with van der Waals surface area (Å²) in [6.45, 7) is 0. The zero-order valence-electron chi connectivity index (χ0n) is 29.9. The fourth-order valence-corrected chi connectivity index (χ4v) is 7.84. The van der Waals surface area contributed by atoms with E-state index in [2.05, 4.69) is 127 Å². The van der Waals surface area contributed by atoms with Crippen LogP contribution in [0.25, 0.3) is 101 Å². The number of fused-ring (bicyclic) bond motifs is 6. The van der Waals surface area contributed by atoms with E-state index in [1.807, 2.05) is 66.7 Å². The molecule has 4 aromatic heterocycles. The van der Waals surface area contributed by atoms with Gasteiger partial charge in [-0.25, -0.2) is 19.9 Å². The van der Waals surface area contributed by atoms with Gasteiger partial charge in [-0.1, -0.05) is 133 Å². The molecule has 0 radical (unpaired) electrons. The standard InChI is InChI=1S/C48H30N8/c1-3-11-33(12-4-1)45-52-46(34-13-5-2-6-14-34)54-48(53-45)56-42-18-10-8-16-38(42)40-28-36(24-26-44(40)56)32-21-19-31(20-22-32)35-23-25-43-39(27-35)37-15-7-9-17-41(37)55(43)47-50-29-49-30-51-47/h1-30H. The first-order chi connectivity index (χ1) is 27.8. The van der Waals surface area contributed by atoms with Crippen molar-refractivity contribution < 1.29 is 0 Å². The summed E-state index contributed by atoms with van der Waals surface area (Å²) in [5.74, 6) is 2.44. The van der Waals surface area contributed by atoms with Crippen LogP contribution in [0.4, 0.5) is 0 Å². The van der Waals surface area contributed by atoms with E-state index in [4.69, 9.17) is 15.0 Å². The van der Waals surface area contributed by atoms with Gasteiger partial charge in [0.05, 0.1) is 22.1 Å². The predicted molar refractivity (Wildman–Crippen MR) is 224 cm³/mol. The molecule has 0 saturated heterocycles. The van der Waals surface area contributed by atoms with Gasteiger partial charge in [0.25, 0.3) is 0 Å². The Bertz CT molecular complexity index is 3170. The number of aromatic nitrogens is 8. The van der Waals surface area contributed by atoms with Crippen LogP contribution in [-0.2, 0) is 0 Å². The van der Waals surface area contributed by atoms with Gasteiger partial charge in [-0.05, 0) is 58.7 Å². The van der Waals surface area contributed by atoms with Crippen molar-refractivity contribution in [1.82, 2.24) is 39.0 Å². The molecule has 0 unspecified atom stereocenters. The van der Waals surface area contributed by atoms with Crippen molar-refractivity contribution in [3.63, 3.8) is 0 Å². The van der Waals surface area contributed by atoms with Gasteiger partial charge in [0.2, 0.25) is 11.9 Å². The Kier molecular flexibility index (Phi) is 7.31. The molecule has 0 bridgehead atoms. The smallest absolute Gasteiger partial charge is 0.238 e.